The third-order valence-corrected chi connectivity index (χ3v) is 8.91. The fraction of sp³-hybridized carbons (Fsp3) is 0.293. The lowest BCUT2D eigenvalue weighted by Crippen LogP contribution is -2.37. The zero-order chi connectivity index (χ0) is 34.4. The zero-order valence-electron chi connectivity index (χ0n) is 28.7. The molecule has 0 spiro atoms. The van der Waals surface area contributed by atoms with Crippen LogP contribution < -0.4 is 20.1 Å². The number of amides is 2. The van der Waals surface area contributed by atoms with Crippen molar-refractivity contribution in [2.75, 3.05) is 37.4 Å². The van der Waals surface area contributed by atoms with Gasteiger partial charge in [0.15, 0.2) is 11.5 Å². The van der Waals surface area contributed by atoms with Crippen molar-refractivity contribution in [3.8, 4) is 17.2 Å². The van der Waals surface area contributed by atoms with Crippen molar-refractivity contribution in [1.82, 2.24) is 9.88 Å². The Bertz CT molecular complexity index is 1950. The maximum atomic E-state index is 13.6. The predicted molar refractivity (Wildman–Crippen MR) is 196 cm³/mol. The number of carbonyl (C=O) groups excluding carboxylic acids is 2. The zero-order valence-corrected chi connectivity index (χ0v) is 28.7. The van der Waals surface area contributed by atoms with Crippen molar-refractivity contribution in [2.24, 2.45) is 0 Å². The summed E-state index contributed by atoms with van der Waals surface area (Å²) in [4.78, 5) is 34.0. The molecule has 2 amide bonds. The highest BCUT2D eigenvalue weighted by molar-refractivity contribution is 6.09. The van der Waals surface area contributed by atoms with Gasteiger partial charge in [0.05, 0.1) is 24.0 Å². The quantitative estimate of drug-likeness (QED) is 0.130. The molecule has 2 heterocycles. The minimum absolute atomic E-state index is 0.00917. The van der Waals surface area contributed by atoms with E-state index in [1.807, 2.05) is 78.9 Å². The third kappa shape index (κ3) is 8.27. The molecule has 5 aromatic rings. The Hall–Kier alpha value is -5.21. The number of anilines is 2. The van der Waals surface area contributed by atoms with Crippen LogP contribution in [0.4, 0.5) is 16.2 Å². The number of carbonyl (C=O) groups is 2. The SMILES string of the molecule is COc1c(NC(=O)Nc2ccc(Oc3ccnc(Cc4ccccc4)c3)c3ccccc23)cc(C(C)(C)C)cc1C(=O)CCCN1CCC1. The molecule has 1 saturated heterocycles. The van der Waals surface area contributed by atoms with Gasteiger partial charge in [-0.3, -0.25) is 9.78 Å². The molecular weight excluding hydrogens is 612 g/mol. The molecule has 0 saturated carbocycles. The van der Waals surface area contributed by atoms with E-state index in [2.05, 4.69) is 53.4 Å². The van der Waals surface area contributed by atoms with E-state index in [9.17, 15) is 9.59 Å². The molecule has 0 atom stereocenters. The number of Topliss-reactive ketones (excluding diaryl/α,β-unsaturated/α-hetero) is 1. The number of nitrogens with one attached hydrogen (secondary N) is 2. The summed E-state index contributed by atoms with van der Waals surface area (Å²) in [5, 5.41) is 7.67. The summed E-state index contributed by atoms with van der Waals surface area (Å²) in [5.74, 6) is 1.72. The summed E-state index contributed by atoms with van der Waals surface area (Å²) in [5.41, 5.74) is 4.32. The number of hydrogen-bond acceptors (Lipinski definition) is 6. The minimum atomic E-state index is -0.445. The van der Waals surface area contributed by atoms with Crippen molar-refractivity contribution in [1.29, 1.82) is 0 Å². The van der Waals surface area contributed by atoms with Gasteiger partial charge in [0, 0.05) is 41.6 Å². The molecule has 49 heavy (non-hydrogen) atoms. The molecule has 1 fully saturated rings. The highest BCUT2D eigenvalue weighted by Gasteiger charge is 2.24. The monoisotopic (exact) mass is 656 g/mol. The van der Waals surface area contributed by atoms with E-state index in [0.29, 0.717) is 47.0 Å². The van der Waals surface area contributed by atoms with Gasteiger partial charge in [0.2, 0.25) is 0 Å². The molecule has 2 N–H and O–H groups in total. The second kappa shape index (κ2) is 14.9. The molecule has 0 aliphatic carbocycles. The number of hydrogen-bond donors (Lipinski definition) is 2. The van der Waals surface area contributed by atoms with Crippen LogP contribution >= 0.6 is 0 Å². The maximum Gasteiger partial charge on any atom is 0.323 e. The number of nitrogens with zero attached hydrogens (tertiary/aromatic N) is 2. The average Bonchev–Trinajstić information content (AvgIpc) is 3.06. The van der Waals surface area contributed by atoms with E-state index in [1.54, 1.807) is 6.20 Å². The smallest absolute Gasteiger partial charge is 0.323 e. The van der Waals surface area contributed by atoms with Crippen LogP contribution in [-0.4, -0.2) is 48.4 Å². The van der Waals surface area contributed by atoms with Crippen LogP contribution in [0.3, 0.4) is 0 Å². The number of likely N-dealkylation sites (tertiary alicyclic amines) is 1. The van der Waals surface area contributed by atoms with Crippen molar-refractivity contribution in [3.63, 3.8) is 0 Å². The van der Waals surface area contributed by atoms with E-state index < -0.39 is 6.03 Å². The van der Waals surface area contributed by atoms with Gasteiger partial charge in [-0.15, -0.1) is 0 Å². The Morgan fingerprint density at radius 3 is 2.31 bits per heavy atom. The van der Waals surface area contributed by atoms with E-state index in [-0.39, 0.29) is 11.2 Å². The number of fused-ring (bicyclic) bond motifs is 1. The molecule has 1 aromatic heterocycles. The summed E-state index contributed by atoms with van der Waals surface area (Å²) >= 11 is 0. The lowest BCUT2D eigenvalue weighted by molar-refractivity contribution is 0.0964. The van der Waals surface area contributed by atoms with Crippen LogP contribution in [0.15, 0.2) is 97.2 Å². The predicted octanol–water partition coefficient (Wildman–Crippen LogP) is 9.24. The minimum Gasteiger partial charge on any atom is -0.494 e. The van der Waals surface area contributed by atoms with Crippen molar-refractivity contribution < 1.29 is 19.1 Å². The Morgan fingerprint density at radius 1 is 0.857 bits per heavy atom. The first kappa shape index (κ1) is 33.7. The number of aromatic nitrogens is 1. The van der Waals surface area contributed by atoms with Crippen LogP contribution in [0.2, 0.25) is 0 Å². The number of urea groups is 1. The summed E-state index contributed by atoms with van der Waals surface area (Å²) in [7, 11) is 1.53. The Labute approximate surface area is 288 Å². The van der Waals surface area contributed by atoms with Gasteiger partial charge in [-0.25, -0.2) is 4.79 Å². The standard InChI is InChI=1S/C41H44N4O4/c1-41(2,3)29-25-34(37(46)16-10-21-45-22-11-23-45)39(48-4)36(26-29)44-40(47)43-35-17-18-38(33-15-9-8-14-32(33)35)49-31-19-20-42-30(27-31)24-28-12-6-5-7-13-28/h5-9,12-15,17-20,25-27H,10-11,16,21-24H2,1-4H3,(H2,43,44,47). The number of ether oxygens (including phenoxy) is 2. The fourth-order valence-electron chi connectivity index (χ4n) is 6.08. The molecule has 1 aliphatic rings. The lowest BCUT2D eigenvalue weighted by atomic mass is 9.84. The number of ketones is 1. The van der Waals surface area contributed by atoms with Gasteiger partial charge < -0.3 is 25.0 Å². The average molecular weight is 657 g/mol. The summed E-state index contributed by atoms with van der Waals surface area (Å²) in [6, 6.07) is 28.8. The van der Waals surface area contributed by atoms with Crippen LogP contribution in [0, 0.1) is 0 Å². The van der Waals surface area contributed by atoms with E-state index in [4.69, 9.17) is 9.47 Å². The van der Waals surface area contributed by atoms with Gasteiger partial charge in [-0.05, 0) is 79.3 Å². The van der Waals surface area contributed by atoms with Crippen LogP contribution in [-0.2, 0) is 11.8 Å². The Morgan fingerprint density at radius 2 is 1.59 bits per heavy atom. The molecule has 8 nitrogen and oxygen atoms in total. The number of benzene rings is 4. The lowest BCUT2D eigenvalue weighted by Gasteiger charge is -2.30. The topological polar surface area (TPSA) is 92.8 Å². The third-order valence-electron chi connectivity index (χ3n) is 8.91. The molecule has 1 aliphatic heterocycles. The Kier molecular flexibility index (Phi) is 10.3. The maximum absolute atomic E-state index is 13.6. The van der Waals surface area contributed by atoms with Gasteiger partial charge in [0.1, 0.15) is 11.5 Å². The summed E-state index contributed by atoms with van der Waals surface area (Å²) < 4.78 is 12.1. The van der Waals surface area contributed by atoms with Crippen LogP contribution in [0.1, 0.15) is 67.2 Å². The van der Waals surface area contributed by atoms with E-state index >= 15 is 0 Å². The van der Waals surface area contributed by atoms with E-state index in [1.165, 1.54) is 19.1 Å². The van der Waals surface area contributed by atoms with Gasteiger partial charge in [0.25, 0.3) is 0 Å². The molecule has 8 heteroatoms. The number of pyridine rings is 1. The summed E-state index contributed by atoms with van der Waals surface area (Å²) in [6.07, 6.45) is 4.89. The van der Waals surface area contributed by atoms with Gasteiger partial charge in [-0.2, -0.15) is 0 Å². The van der Waals surface area contributed by atoms with Crippen LogP contribution in [0.5, 0.6) is 17.2 Å². The van der Waals surface area contributed by atoms with Crippen molar-refractivity contribution >= 4 is 34.0 Å². The Balaban J connectivity index is 1.21. The molecule has 4 aromatic carbocycles. The number of methoxy groups -OCH3 is 1. The van der Waals surface area contributed by atoms with E-state index in [0.717, 1.165) is 48.1 Å². The van der Waals surface area contributed by atoms with Crippen molar-refractivity contribution in [3.05, 3.63) is 120 Å². The van der Waals surface area contributed by atoms with Gasteiger partial charge >= 0.3 is 6.03 Å². The fourth-order valence-corrected chi connectivity index (χ4v) is 6.08. The van der Waals surface area contributed by atoms with Crippen molar-refractivity contribution in [2.45, 2.75) is 51.9 Å². The summed E-state index contributed by atoms with van der Waals surface area (Å²) in [6.45, 7) is 9.38. The normalized spacial score (nSPS) is 13.1. The second-order valence-electron chi connectivity index (χ2n) is 13.6. The molecule has 6 rings (SSSR count). The molecule has 0 radical (unpaired) electrons. The second-order valence-corrected chi connectivity index (χ2v) is 13.6. The van der Waals surface area contributed by atoms with Gasteiger partial charge in [-0.1, -0.05) is 75.4 Å². The molecular formula is C41H44N4O4. The largest absolute Gasteiger partial charge is 0.494 e. The number of rotatable bonds is 12. The molecule has 0 bridgehead atoms. The highest BCUT2D eigenvalue weighted by atomic mass is 16.5. The molecule has 0 unspecified atom stereocenters. The molecule has 252 valence electrons. The first-order valence-electron chi connectivity index (χ1n) is 16.9. The first-order chi connectivity index (χ1) is 23.7. The highest BCUT2D eigenvalue weighted by Crippen LogP contribution is 2.38. The van der Waals surface area contributed by atoms with Crippen LogP contribution in [0.25, 0.3) is 10.8 Å². The first-order valence-corrected chi connectivity index (χ1v) is 16.9.